The minimum atomic E-state index is 0.560. The lowest BCUT2D eigenvalue weighted by molar-refractivity contribution is 0.550. The van der Waals surface area contributed by atoms with Crippen molar-refractivity contribution in [3.8, 4) is 0 Å². The van der Waals surface area contributed by atoms with Crippen molar-refractivity contribution in [1.29, 1.82) is 0 Å². The van der Waals surface area contributed by atoms with E-state index in [-0.39, 0.29) is 0 Å². The van der Waals surface area contributed by atoms with Crippen LogP contribution in [0.1, 0.15) is 44.7 Å². The van der Waals surface area contributed by atoms with Gasteiger partial charge >= 0.3 is 0 Å². The highest BCUT2D eigenvalue weighted by Gasteiger charge is 2.18. The van der Waals surface area contributed by atoms with Crippen LogP contribution in [0.15, 0.2) is 24.3 Å². The summed E-state index contributed by atoms with van der Waals surface area (Å²) < 4.78 is 0. The number of hydrogen-bond acceptors (Lipinski definition) is 0. The van der Waals surface area contributed by atoms with E-state index < -0.39 is 0 Å². The fourth-order valence-electron chi connectivity index (χ4n) is 1.82. The van der Waals surface area contributed by atoms with Crippen LogP contribution in [-0.4, -0.2) is 4.83 Å². The lowest BCUT2D eigenvalue weighted by atomic mass is 9.91. The van der Waals surface area contributed by atoms with Gasteiger partial charge in [-0.25, -0.2) is 0 Å². The first-order chi connectivity index (χ1) is 7.06. The molecule has 84 valence electrons. The largest absolute Gasteiger partial charge is 0.0881 e. The van der Waals surface area contributed by atoms with Crippen molar-refractivity contribution in [1.82, 2.24) is 0 Å². The maximum absolute atomic E-state index is 3.78. The number of rotatable bonds is 4. The van der Waals surface area contributed by atoms with Crippen LogP contribution in [-0.2, 0) is 6.42 Å². The Balaban J connectivity index is 2.78. The topological polar surface area (TPSA) is 0 Å². The van der Waals surface area contributed by atoms with Gasteiger partial charge in [0.2, 0.25) is 0 Å². The summed E-state index contributed by atoms with van der Waals surface area (Å²) in [5, 5.41) is 0. The lowest BCUT2D eigenvalue weighted by Gasteiger charge is -2.22. The SMILES string of the molecule is CCc1ccc(C(C)C(Br)C(C)C)cc1. The van der Waals surface area contributed by atoms with E-state index in [1.165, 1.54) is 11.1 Å². The molecule has 0 saturated heterocycles. The summed E-state index contributed by atoms with van der Waals surface area (Å²) in [6.45, 7) is 9.01. The summed E-state index contributed by atoms with van der Waals surface area (Å²) in [6.07, 6.45) is 1.12. The number of alkyl halides is 1. The van der Waals surface area contributed by atoms with Crippen LogP contribution in [0.3, 0.4) is 0 Å². The van der Waals surface area contributed by atoms with E-state index in [0.29, 0.717) is 16.7 Å². The predicted octanol–water partition coefficient (Wildman–Crippen LogP) is 4.77. The molecular formula is C14H21Br. The lowest BCUT2D eigenvalue weighted by Crippen LogP contribution is -2.15. The minimum absolute atomic E-state index is 0.560. The van der Waals surface area contributed by atoms with Gasteiger partial charge in [0.05, 0.1) is 0 Å². The molecule has 0 spiro atoms. The fourth-order valence-corrected chi connectivity index (χ4v) is 2.12. The van der Waals surface area contributed by atoms with Crippen molar-refractivity contribution < 1.29 is 0 Å². The van der Waals surface area contributed by atoms with Crippen LogP contribution < -0.4 is 0 Å². The maximum atomic E-state index is 3.78. The molecule has 0 aliphatic carbocycles. The molecule has 0 fully saturated rings. The van der Waals surface area contributed by atoms with E-state index in [2.05, 4.69) is 67.9 Å². The van der Waals surface area contributed by atoms with Crippen molar-refractivity contribution >= 4 is 15.9 Å². The molecule has 1 aromatic rings. The average Bonchev–Trinajstić information content (AvgIpc) is 2.27. The molecule has 0 amide bonds. The van der Waals surface area contributed by atoms with E-state index in [0.717, 1.165) is 6.42 Å². The van der Waals surface area contributed by atoms with Crippen molar-refractivity contribution in [2.45, 2.75) is 44.9 Å². The molecule has 2 atom stereocenters. The fraction of sp³-hybridized carbons (Fsp3) is 0.571. The van der Waals surface area contributed by atoms with Crippen molar-refractivity contribution in [2.24, 2.45) is 5.92 Å². The zero-order valence-electron chi connectivity index (χ0n) is 10.1. The number of hydrogen-bond donors (Lipinski definition) is 0. The molecule has 0 nitrogen and oxygen atoms in total. The summed E-state index contributed by atoms with van der Waals surface area (Å²) >= 11 is 3.78. The summed E-state index contributed by atoms with van der Waals surface area (Å²) in [5.74, 6) is 1.25. The van der Waals surface area contributed by atoms with Gasteiger partial charge in [0.25, 0.3) is 0 Å². The standard InChI is InChI=1S/C14H21Br/c1-5-12-6-8-13(9-7-12)11(4)14(15)10(2)3/h6-11,14H,5H2,1-4H3. The van der Waals surface area contributed by atoms with Gasteiger partial charge in [0.1, 0.15) is 0 Å². The van der Waals surface area contributed by atoms with Gasteiger partial charge in [-0.15, -0.1) is 0 Å². The summed E-state index contributed by atoms with van der Waals surface area (Å²) in [6, 6.07) is 9.01. The van der Waals surface area contributed by atoms with Gasteiger partial charge in [-0.05, 0) is 29.4 Å². The summed E-state index contributed by atoms with van der Waals surface area (Å²) in [7, 11) is 0. The quantitative estimate of drug-likeness (QED) is 0.690. The van der Waals surface area contributed by atoms with Crippen LogP contribution >= 0.6 is 15.9 Å². The van der Waals surface area contributed by atoms with Gasteiger partial charge in [-0.1, -0.05) is 67.9 Å². The Labute approximate surface area is 102 Å². The Hall–Kier alpha value is -0.300. The first-order valence-corrected chi connectivity index (χ1v) is 6.70. The molecule has 1 heteroatoms. The Morgan fingerprint density at radius 3 is 2.00 bits per heavy atom. The highest BCUT2D eigenvalue weighted by atomic mass is 79.9. The molecule has 1 aromatic carbocycles. The second-order valence-electron chi connectivity index (χ2n) is 4.57. The first kappa shape index (κ1) is 12.8. The molecular weight excluding hydrogens is 248 g/mol. The Kier molecular flexibility index (Phi) is 4.85. The van der Waals surface area contributed by atoms with Gasteiger partial charge in [-0.3, -0.25) is 0 Å². The first-order valence-electron chi connectivity index (χ1n) is 5.79. The molecule has 0 aliphatic rings. The highest BCUT2D eigenvalue weighted by molar-refractivity contribution is 9.09. The zero-order valence-corrected chi connectivity index (χ0v) is 11.7. The van der Waals surface area contributed by atoms with E-state index in [9.17, 15) is 0 Å². The van der Waals surface area contributed by atoms with Gasteiger partial charge in [0.15, 0.2) is 0 Å². The van der Waals surface area contributed by atoms with Crippen molar-refractivity contribution in [2.75, 3.05) is 0 Å². The van der Waals surface area contributed by atoms with E-state index >= 15 is 0 Å². The van der Waals surface area contributed by atoms with Crippen LogP contribution in [0.4, 0.5) is 0 Å². The Bertz CT molecular complexity index is 287. The molecule has 0 heterocycles. The van der Waals surface area contributed by atoms with E-state index in [4.69, 9.17) is 0 Å². The van der Waals surface area contributed by atoms with E-state index in [1.54, 1.807) is 0 Å². The highest BCUT2D eigenvalue weighted by Crippen LogP contribution is 2.29. The molecule has 0 saturated carbocycles. The van der Waals surface area contributed by atoms with Crippen LogP contribution in [0.2, 0.25) is 0 Å². The monoisotopic (exact) mass is 268 g/mol. The zero-order chi connectivity index (χ0) is 11.4. The van der Waals surface area contributed by atoms with Crippen LogP contribution in [0, 0.1) is 5.92 Å². The third kappa shape index (κ3) is 3.34. The maximum Gasteiger partial charge on any atom is 0.0234 e. The molecule has 2 unspecified atom stereocenters. The number of halogens is 1. The Morgan fingerprint density at radius 2 is 1.60 bits per heavy atom. The predicted molar refractivity (Wildman–Crippen MR) is 71.8 cm³/mol. The third-order valence-electron chi connectivity index (χ3n) is 3.03. The van der Waals surface area contributed by atoms with E-state index in [1.807, 2.05) is 0 Å². The second kappa shape index (κ2) is 5.69. The molecule has 1 rings (SSSR count). The Morgan fingerprint density at radius 1 is 1.07 bits per heavy atom. The molecule has 0 aliphatic heterocycles. The van der Waals surface area contributed by atoms with Gasteiger partial charge < -0.3 is 0 Å². The van der Waals surface area contributed by atoms with Gasteiger partial charge in [0, 0.05) is 4.83 Å². The molecule has 0 bridgehead atoms. The molecule has 0 N–H and O–H groups in total. The molecule has 0 aromatic heterocycles. The summed E-state index contributed by atoms with van der Waals surface area (Å²) in [5.41, 5.74) is 2.85. The van der Waals surface area contributed by atoms with Crippen LogP contribution in [0.5, 0.6) is 0 Å². The van der Waals surface area contributed by atoms with Crippen LogP contribution in [0.25, 0.3) is 0 Å². The van der Waals surface area contributed by atoms with Crippen molar-refractivity contribution in [3.05, 3.63) is 35.4 Å². The minimum Gasteiger partial charge on any atom is -0.0881 e. The van der Waals surface area contributed by atoms with Gasteiger partial charge in [-0.2, -0.15) is 0 Å². The smallest absolute Gasteiger partial charge is 0.0234 e. The molecule has 15 heavy (non-hydrogen) atoms. The van der Waals surface area contributed by atoms with Crippen molar-refractivity contribution in [3.63, 3.8) is 0 Å². The third-order valence-corrected chi connectivity index (χ3v) is 4.88. The second-order valence-corrected chi connectivity index (χ2v) is 5.63. The average molecular weight is 269 g/mol. The molecule has 0 radical (unpaired) electrons. The number of benzene rings is 1. The normalized spacial score (nSPS) is 15.3. The number of aryl methyl sites for hydroxylation is 1. The summed E-state index contributed by atoms with van der Waals surface area (Å²) in [4.78, 5) is 0.560.